The number of nitrogens with one attached hydrogen (secondary N) is 2. The van der Waals surface area contributed by atoms with Gasteiger partial charge in [0.25, 0.3) is 5.91 Å². The molecule has 8 heteroatoms. The van der Waals surface area contributed by atoms with Crippen LogP contribution in [0.5, 0.6) is 0 Å². The van der Waals surface area contributed by atoms with Gasteiger partial charge < -0.3 is 10.6 Å². The third-order valence-corrected chi connectivity index (χ3v) is 4.71. The molecule has 1 amide bonds. The first-order valence-electron chi connectivity index (χ1n) is 7.35. The molecule has 0 aliphatic carbocycles. The van der Waals surface area contributed by atoms with Gasteiger partial charge in [-0.15, -0.1) is 0 Å². The minimum Gasteiger partial charge on any atom is -0.350 e. The van der Waals surface area contributed by atoms with Crippen LogP contribution in [0.4, 0.5) is 13.2 Å². The van der Waals surface area contributed by atoms with Gasteiger partial charge in [0.05, 0.1) is 0 Å². The molecule has 0 bridgehead atoms. The lowest BCUT2D eigenvalue weighted by Crippen LogP contribution is -2.57. The third-order valence-electron chi connectivity index (χ3n) is 3.86. The summed E-state index contributed by atoms with van der Waals surface area (Å²) in [5.74, 6) is -0.505. The number of alkyl halides is 3. The number of amides is 1. The second-order valence-corrected chi connectivity index (χ2v) is 6.37. The van der Waals surface area contributed by atoms with Gasteiger partial charge in [0.2, 0.25) is 0 Å². The SMILES string of the molecule is Cc1ccc(C(=O)NCC(N2CCNCC2)C(F)(F)F)cc1Br. The largest absolute Gasteiger partial charge is 0.405 e. The Kier molecular flexibility index (Phi) is 6.05. The topological polar surface area (TPSA) is 44.4 Å². The van der Waals surface area contributed by atoms with E-state index in [1.54, 1.807) is 18.2 Å². The molecule has 1 aromatic carbocycles. The number of carbonyl (C=O) groups excluding carboxylic acids is 1. The number of halogens is 4. The lowest BCUT2D eigenvalue weighted by molar-refractivity contribution is -0.183. The van der Waals surface area contributed by atoms with Gasteiger partial charge in [0.1, 0.15) is 6.04 Å². The molecule has 0 radical (unpaired) electrons. The van der Waals surface area contributed by atoms with E-state index >= 15 is 0 Å². The summed E-state index contributed by atoms with van der Waals surface area (Å²) in [5.41, 5.74) is 1.29. The number of benzene rings is 1. The third kappa shape index (κ3) is 4.92. The number of hydrogen-bond acceptors (Lipinski definition) is 3. The number of piperazine rings is 1. The fraction of sp³-hybridized carbons (Fsp3) is 0.533. The molecule has 1 aromatic rings. The van der Waals surface area contributed by atoms with Crippen LogP contribution in [0.2, 0.25) is 0 Å². The van der Waals surface area contributed by atoms with Crippen molar-refractivity contribution in [3.63, 3.8) is 0 Å². The predicted octanol–water partition coefficient (Wildman–Crippen LogP) is 2.32. The molecule has 23 heavy (non-hydrogen) atoms. The Hall–Kier alpha value is -1.12. The van der Waals surface area contributed by atoms with Crippen LogP contribution in [0.15, 0.2) is 22.7 Å². The van der Waals surface area contributed by atoms with E-state index < -0.39 is 24.7 Å². The van der Waals surface area contributed by atoms with E-state index in [1.807, 2.05) is 6.92 Å². The molecule has 1 unspecified atom stereocenters. The van der Waals surface area contributed by atoms with Crippen molar-refractivity contribution in [2.24, 2.45) is 0 Å². The Bertz CT molecular complexity index is 559. The molecule has 2 N–H and O–H groups in total. The maximum Gasteiger partial charge on any atom is 0.405 e. The smallest absolute Gasteiger partial charge is 0.350 e. The normalized spacial score (nSPS) is 17.8. The quantitative estimate of drug-likeness (QED) is 0.824. The van der Waals surface area contributed by atoms with Crippen LogP contribution in [0.1, 0.15) is 15.9 Å². The molecule has 1 atom stereocenters. The highest BCUT2D eigenvalue weighted by Gasteiger charge is 2.43. The molecule has 4 nitrogen and oxygen atoms in total. The highest BCUT2D eigenvalue weighted by Crippen LogP contribution is 2.25. The highest BCUT2D eigenvalue weighted by molar-refractivity contribution is 9.10. The summed E-state index contributed by atoms with van der Waals surface area (Å²) < 4.78 is 40.5. The summed E-state index contributed by atoms with van der Waals surface area (Å²) in [6, 6.07) is 3.29. The Morgan fingerprint density at radius 1 is 1.39 bits per heavy atom. The zero-order valence-corrected chi connectivity index (χ0v) is 14.3. The van der Waals surface area contributed by atoms with Crippen LogP contribution < -0.4 is 10.6 Å². The molecule has 2 rings (SSSR count). The van der Waals surface area contributed by atoms with Crippen LogP contribution in [0.3, 0.4) is 0 Å². The van der Waals surface area contributed by atoms with Crippen LogP contribution in [-0.2, 0) is 0 Å². The van der Waals surface area contributed by atoms with Gasteiger partial charge in [-0.1, -0.05) is 22.0 Å². The van der Waals surface area contributed by atoms with Crippen molar-refractivity contribution in [3.05, 3.63) is 33.8 Å². The van der Waals surface area contributed by atoms with Crippen LogP contribution in [-0.4, -0.2) is 55.7 Å². The van der Waals surface area contributed by atoms with E-state index in [-0.39, 0.29) is 0 Å². The molecule has 1 aliphatic heterocycles. The van der Waals surface area contributed by atoms with Gasteiger partial charge in [-0.05, 0) is 24.6 Å². The monoisotopic (exact) mass is 393 g/mol. The second-order valence-electron chi connectivity index (χ2n) is 5.52. The van der Waals surface area contributed by atoms with Gasteiger partial charge in [0, 0.05) is 42.8 Å². The predicted molar refractivity (Wildman–Crippen MR) is 85.5 cm³/mol. The number of rotatable bonds is 4. The fourth-order valence-electron chi connectivity index (χ4n) is 2.47. The molecule has 128 valence electrons. The first kappa shape index (κ1) is 18.2. The van der Waals surface area contributed by atoms with Crippen LogP contribution in [0.25, 0.3) is 0 Å². The highest BCUT2D eigenvalue weighted by atomic mass is 79.9. The zero-order chi connectivity index (χ0) is 17.0. The standard InChI is InChI=1S/C15H19BrF3N3O/c1-10-2-3-11(8-12(10)16)14(23)21-9-13(15(17,18)19)22-6-4-20-5-7-22/h2-3,8,13,20H,4-7,9H2,1H3,(H,21,23). The number of carbonyl (C=O) groups is 1. The lowest BCUT2D eigenvalue weighted by atomic mass is 10.1. The van der Waals surface area contributed by atoms with Gasteiger partial charge in [-0.2, -0.15) is 13.2 Å². The molecular formula is C15H19BrF3N3O. The molecule has 1 saturated heterocycles. The van der Waals surface area contributed by atoms with Crippen molar-refractivity contribution in [2.45, 2.75) is 19.1 Å². The molecular weight excluding hydrogens is 375 g/mol. The van der Waals surface area contributed by atoms with Gasteiger partial charge in [0.15, 0.2) is 0 Å². The van der Waals surface area contributed by atoms with Gasteiger partial charge in [-0.3, -0.25) is 9.69 Å². The van der Waals surface area contributed by atoms with E-state index in [2.05, 4.69) is 26.6 Å². The zero-order valence-electron chi connectivity index (χ0n) is 12.7. The molecule has 1 aliphatic rings. The van der Waals surface area contributed by atoms with Gasteiger partial charge >= 0.3 is 6.18 Å². The Labute approximate surface area is 141 Å². The van der Waals surface area contributed by atoms with Crippen molar-refractivity contribution >= 4 is 21.8 Å². The molecule has 1 fully saturated rings. The van der Waals surface area contributed by atoms with Crippen LogP contribution >= 0.6 is 15.9 Å². The minimum absolute atomic E-state index is 0.316. The molecule has 0 saturated carbocycles. The van der Waals surface area contributed by atoms with Crippen LogP contribution in [0, 0.1) is 6.92 Å². The van der Waals surface area contributed by atoms with Crippen molar-refractivity contribution < 1.29 is 18.0 Å². The van der Waals surface area contributed by atoms with Crippen molar-refractivity contribution in [1.29, 1.82) is 0 Å². The molecule has 0 spiro atoms. The van der Waals surface area contributed by atoms with Gasteiger partial charge in [-0.25, -0.2) is 0 Å². The number of aryl methyl sites for hydroxylation is 1. The molecule has 1 heterocycles. The maximum atomic E-state index is 13.3. The average molecular weight is 394 g/mol. The minimum atomic E-state index is -4.38. The first-order valence-corrected chi connectivity index (χ1v) is 8.14. The van der Waals surface area contributed by atoms with Crippen molar-refractivity contribution in [3.8, 4) is 0 Å². The summed E-state index contributed by atoms with van der Waals surface area (Å²) >= 11 is 3.31. The van der Waals surface area contributed by atoms with E-state index in [0.29, 0.717) is 31.7 Å². The summed E-state index contributed by atoms with van der Waals surface area (Å²) in [6.45, 7) is 3.09. The fourth-order valence-corrected chi connectivity index (χ4v) is 2.85. The number of hydrogen-bond donors (Lipinski definition) is 2. The first-order chi connectivity index (χ1) is 10.8. The Balaban J connectivity index is 2.02. The maximum absolute atomic E-state index is 13.3. The summed E-state index contributed by atoms with van der Waals surface area (Å²) in [4.78, 5) is 13.5. The van der Waals surface area contributed by atoms with Crippen molar-refractivity contribution in [1.82, 2.24) is 15.5 Å². The Morgan fingerprint density at radius 3 is 2.61 bits per heavy atom. The summed E-state index contributed by atoms with van der Waals surface area (Å²) in [7, 11) is 0. The average Bonchev–Trinajstić information content (AvgIpc) is 2.49. The second kappa shape index (κ2) is 7.63. The summed E-state index contributed by atoms with van der Waals surface area (Å²) in [5, 5.41) is 5.43. The lowest BCUT2D eigenvalue weighted by Gasteiger charge is -2.35. The Morgan fingerprint density at radius 2 is 2.04 bits per heavy atom. The van der Waals surface area contributed by atoms with E-state index in [1.165, 1.54) is 4.90 Å². The summed E-state index contributed by atoms with van der Waals surface area (Å²) in [6.07, 6.45) is -4.38. The molecule has 0 aromatic heterocycles. The van der Waals surface area contributed by atoms with E-state index in [9.17, 15) is 18.0 Å². The number of nitrogens with zero attached hydrogens (tertiary/aromatic N) is 1. The van der Waals surface area contributed by atoms with Crippen molar-refractivity contribution in [2.75, 3.05) is 32.7 Å². The van der Waals surface area contributed by atoms with E-state index in [4.69, 9.17) is 0 Å². The van der Waals surface area contributed by atoms with E-state index in [0.717, 1.165) is 10.0 Å².